The van der Waals surface area contributed by atoms with Crippen LogP contribution in [0, 0.1) is 11.8 Å². The van der Waals surface area contributed by atoms with E-state index in [0.717, 1.165) is 29.9 Å². The van der Waals surface area contributed by atoms with Gasteiger partial charge in [0.1, 0.15) is 5.75 Å². The Kier molecular flexibility index (Phi) is 9.35. The number of aliphatic hydroxyl groups is 1. The molecule has 116 valence electrons. The lowest BCUT2D eigenvalue weighted by molar-refractivity contribution is 0.115. The molecule has 0 saturated heterocycles. The van der Waals surface area contributed by atoms with Gasteiger partial charge in [-0.1, -0.05) is 38.0 Å². The highest BCUT2D eigenvalue weighted by Crippen LogP contribution is 2.20. The third-order valence-electron chi connectivity index (χ3n) is 3.15. The molecule has 0 bridgehead atoms. The summed E-state index contributed by atoms with van der Waals surface area (Å²) >= 11 is 0. The molecular formula is C18H26O3. The largest absolute Gasteiger partial charge is 0.496 e. The van der Waals surface area contributed by atoms with Crippen molar-refractivity contribution in [1.29, 1.82) is 0 Å². The lowest BCUT2D eigenvalue weighted by Crippen LogP contribution is -1.99. The molecule has 0 unspecified atom stereocenters. The lowest BCUT2D eigenvalue weighted by atomic mass is 10.1. The number of benzene rings is 1. The van der Waals surface area contributed by atoms with Gasteiger partial charge >= 0.3 is 0 Å². The standard InChI is InChI=1S/C18H26O3/c1-3-4-5-8-13-21-15-17-14-16(9-6-7-12-19)10-11-18(17)20-2/h10-11,14,19H,3-5,7-8,12-13,15H2,1-2H3. The third-order valence-corrected chi connectivity index (χ3v) is 3.15. The highest BCUT2D eigenvalue weighted by Gasteiger charge is 2.04. The Balaban J connectivity index is 2.54. The molecular weight excluding hydrogens is 264 g/mol. The normalized spacial score (nSPS) is 10.0. The van der Waals surface area contributed by atoms with Crippen molar-refractivity contribution < 1.29 is 14.6 Å². The first-order chi connectivity index (χ1) is 10.3. The van der Waals surface area contributed by atoms with E-state index in [1.165, 1.54) is 19.3 Å². The average Bonchev–Trinajstić information content (AvgIpc) is 2.51. The molecule has 0 aliphatic rings. The van der Waals surface area contributed by atoms with Crippen LogP contribution in [0.3, 0.4) is 0 Å². The summed E-state index contributed by atoms with van der Waals surface area (Å²) in [6, 6.07) is 5.84. The molecule has 0 amide bonds. The van der Waals surface area contributed by atoms with Crippen molar-refractivity contribution in [1.82, 2.24) is 0 Å². The van der Waals surface area contributed by atoms with Gasteiger partial charge in [0.25, 0.3) is 0 Å². The maximum absolute atomic E-state index is 8.74. The second kappa shape index (κ2) is 11.2. The average molecular weight is 290 g/mol. The first kappa shape index (κ1) is 17.6. The number of aliphatic hydroxyl groups excluding tert-OH is 1. The fourth-order valence-corrected chi connectivity index (χ4v) is 2.00. The molecule has 21 heavy (non-hydrogen) atoms. The Labute approximate surface area is 128 Å². The van der Waals surface area contributed by atoms with Gasteiger partial charge in [0, 0.05) is 24.2 Å². The van der Waals surface area contributed by atoms with Crippen molar-refractivity contribution in [2.24, 2.45) is 0 Å². The maximum atomic E-state index is 8.74. The Bertz CT molecular complexity index is 457. The van der Waals surface area contributed by atoms with Gasteiger partial charge in [-0.3, -0.25) is 0 Å². The molecule has 0 aliphatic carbocycles. The Morgan fingerprint density at radius 2 is 2.05 bits per heavy atom. The molecule has 1 aromatic carbocycles. The van der Waals surface area contributed by atoms with Crippen molar-refractivity contribution in [2.45, 2.75) is 45.6 Å². The van der Waals surface area contributed by atoms with Crippen LogP contribution in [-0.4, -0.2) is 25.4 Å². The van der Waals surface area contributed by atoms with E-state index < -0.39 is 0 Å². The summed E-state index contributed by atoms with van der Waals surface area (Å²) in [5.74, 6) is 6.79. The number of hydrogen-bond donors (Lipinski definition) is 1. The van der Waals surface area contributed by atoms with E-state index in [1.807, 2.05) is 18.2 Å². The van der Waals surface area contributed by atoms with E-state index in [1.54, 1.807) is 7.11 Å². The van der Waals surface area contributed by atoms with Crippen LogP contribution in [0.25, 0.3) is 0 Å². The Morgan fingerprint density at radius 1 is 1.19 bits per heavy atom. The van der Waals surface area contributed by atoms with Crippen LogP contribution in [0.5, 0.6) is 5.75 Å². The molecule has 1 N–H and O–H groups in total. The van der Waals surface area contributed by atoms with Gasteiger partial charge in [-0.15, -0.1) is 0 Å². The minimum Gasteiger partial charge on any atom is -0.496 e. The van der Waals surface area contributed by atoms with Crippen LogP contribution < -0.4 is 4.74 Å². The van der Waals surface area contributed by atoms with E-state index in [4.69, 9.17) is 14.6 Å². The molecule has 3 nitrogen and oxygen atoms in total. The number of methoxy groups -OCH3 is 1. The first-order valence-corrected chi connectivity index (χ1v) is 7.66. The highest BCUT2D eigenvalue weighted by molar-refractivity contribution is 5.43. The second-order valence-corrected chi connectivity index (χ2v) is 4.92. The fraction of sp³-hybridized carbons (Fsp3) is 0.556. The quantitative estimate of drug-likeness (QED) is 0.558. The molecule has 0 aromatic heterocycles. The molecule has 0 fully saturated rings. The van der Waals surface area contributed by atoms with Crippen LogP contribution in [0.1, 0.15) is 50.2 Å². The summed E-state index contributed by atoms with van der Waals surface area (Å²) in [5, 5.41) is 8.74. The third kappa shape index (κ3) is 7.17. The monoisotopic (exact) mass is 290 g/mol. The van der Waals surface area contributed by atoms with Crippen LogP contribution in [-0.2, 0) is 11.3 Å². The first-order valence-electron chi connectivity index (χ1n) is 7.66. The van der Waals surface area contributed by atoms with Crippen molar-refractivity contribution in [3.05, 3.63) is 29.3 Å². The lowest BCUT2D eigenvalue weighted by Gasteiger charge is -2.10. The van der Waals surface area contributed by atoms with Gasteiger partial charge in [0.05, 0.1) is 20.3 Å². The van der Waals surface area contributed by atoms with Crippen molar-refractivity contribution in [2.75, 3.05) is 20.3 Å². The zero-order valence-corrected chi connectivity index (χ0v) is 13.2. The van der Waals surface area contributed by atoms with E-state index in [0.29, 0.717) is 13.0 Å². The maximum Gasteiger partial charge on any atom is 0.124 e. The molecule has 1 aromatic rings. The van der Waals surface area contributed by atoms with Crippen molar-refractivity contribution in [3.8, 4) is 17.6 Å². The van der Waals surface area contributed by atoms with Gasteiger partial charge in [0.15, 0.2) is 0 Å². The summed E-state index contributed by atoms with van der Waals surface area (Å²) in [6.45, 7) is 3.63. The molecule has 0 aliphatic heterocycles. The van der Waals surface area contributed by atoms with E-state index >= 15 is 0 Å². The molecule has 0 saturated carbocycles. The van der Waals surface area contributed by atoms with Crippen LogP contribution in [0.2, 0.25) is 0 Å². The SMILES string of the molecule is CCCCCCOCc1cc(C#CCCO)ccc1OC. The van der Waals surface area contributed by atoms with Crippen LogP contribution >= 0.6 is 0 Å². The summed E-state index contributed by atoms with van der Waals surface area (Å²) in [5.41, 5.74) is 1.94. The van der Waals surface area contributed by atoms with Gasteiger partial charge in [-0.05, 0) is 24.6 Å². The number of ether oxygens (including phenoxy) is 2. The molecule has 0 spiro atoms. The van der Waals surface area contributed by atoms with Gasteiger partial charge in [-0.2, -0.15) is 0 Å². The van der Waals surface area contributed by atoms with Crippen LogP contribution in [0.4, 0.5) is 0 Å². The molecule has 0 heterocycles. The summed E-state index contributed by atoms with van der Waals surface area (Å²) in [4.78, 5) is 0. The predicted octanol–water partition coefficient (Wildman–Crippen LogP) is 3.53. The number of rotatable bonds is 9. The van der Waals surface area contributed by atoms with Gasteiger partial charge in [-0.25, -0.2) is 0 Å². The van der Waals surface area contributed by atoms with Gasteiger partial charge in [0.2, 0.25) is 0 Å². The summed E-state index contributed by atoms with van der Waals surface area (Å²) < 4.78 is 11.1. The summed E-state index contributed by atoms with van der Waals surface area (Å²) in [7, 11) is 1.66. The number of unbranched alkanes of at least 4 members (excludes halogenated alkanes) is 3. The zero-order chi connectivity index (χ0) is 15.3. The topological polar surface area (TPSA) is 38.7 Å². The number of hydrogen-bond acceptors (Lipinski definition) is 3. The summed E-state index contributed by atoms with van der Waals surface area (Å²) in [6.07, 6.45) is 5.33. The minimum absolute atomic E-state index is 0.0941. The molecule has 3 heteroatoms. The second-order valence-electron chi connectivity index (χ2n) is 4.92. The minimum atomic E-state index is 0.0941. The highest BCUT2D eigenvalue weighted by atomic mass is 16.5. The van der Waals surface area contributed by atoms with Crippen LogP contribution in [0.15, 0.2) is 18.2 Å². The fourth-order valence-electron chi connectivity index (χ4n) is 2.00. The van der Waals surface area contributed by atoms with Crippen molar-refractivity contribution >= 4 is 0 Å². The van der Waals surface area contributed by atoms with Gasteiger partial charge < -0.3 is 14.6 Å². The zero-order valence-electron chi connectivity index (χ0n) is 13.2. The smallest absolute Gasteiger partial charge is 0.124 e. The van der Waals surface area contributed by atoms with E-state index in [2.05, 4.69) is 18.8 Å². The Morgan fingerprint density at radius 3 is 2.76 bits per heavy atom. The van der Waals surface area contributed by atoms with E-state index in [9.17, 15) is 0 Å². The Hall–Kier alpha value is -1.50. The van der Waals surface area contributed by atoms with E-state index in [-0.39, 0.29) is 6.61 Å². The molecule has 0 radical (unpaired) electrons. The van der Waals surface area contributed by atoms with Crippen molar-refractivity contribution in [3.63, 3.8) is 0 Å². The molecule has 1 rings (SSSR count). The predicted molar refractivity (Wildman–Crippen MR) is 85.4 cm³/mol. The molecule has 0 atom stereocenters.